The van der Waals surface area contributed by atoms with Crippen molar-refractivity contribution < 1.29 is 22.6 Å². The van der Waals surface area contributed by atoms with Gasteiger partial charge in [0.05, 0.1) is 18.9 Å². The topological polar surface area (TPSA) is 47.5 Å². The van der Waals surface area contributed by atoms with Crippen LogP contribution < -0.4 is 14.4 Å². The molecule has 1 aromatic heterocycles. The summed E-state index contributed by atoms with van der Waals surface area (Å²) in [6.45, 7) is 5.07. The normalized spacial score (nSPS) is 11.4. The van der Waals surface area contributed by atoms with Crippen LogP contribution in [0.3, 0.4) is 0 Å². The van der Waals surface area contributed by atoms with Crippen molar-refractivity contribution in [1.82, 2.24) is 9.97 Å². The molecule has 0 amide bonds. The molecule has 0 atom stereocenters. The Hall–Kier alpha value is -2.51. The third kappa shape index (κ3) is 7.60. The molecule has 0 N–H and O–H groups in total. The van der Waals surface area contributed by atoms with Crippen LogP contribution in [0.5, 0.6) is 11.8 Å². The Morgan fingerprint density at radius 2 is 1.55 bits per heavy atom. The molecule has 0 radical (unpaired) electrons. The summed E-state index contributed by atoms with van der Waals surface area (Å²) < 4.78 is 52.3. The van der Waals surface area contributed by atoms with Crippen LogP contribution in [-0.4, -0.2) is 30.2 Å². The molecule has 172 valence electrons. The molecule has 0 saturated heterocycles. The first-order chi connectivity index (χ1) is 14.9. The fourth-order valence-corrected chi connectivity index (χ4v) is 3.08. The van der Waals surface area contributed by atoms with E-state index in [0.29, 0.717) is 24.7 Å². The van der Waals surface area contributed by atoms with Gasteiger partial charge in [-0.15, -0.1) is 0 Å². The molecule has 0 fully saturated rings. The quantitative estimate of drug-likeness (QED) is 0.322. The van der Waals surface area contributed by atoms with Gasteiger partial charge in [-0.25, -0.2) is 4.98 Å². The van der Waals surface area contributed by atoms with E-state index in [-0.39, 0.29) is 11.8 Å². The number of hydrogen-bond donors (Lipinski definition) is 0. The van der Waals surface area contributed by atoms with Gasteiger partial charge < -0.3 is 14.4 Å². The number of hydrogen-bond acceptors (Lipinski definition) is 5. The van der Waals surface area contributed by atoms with Gasteiger partial charge in [-0.2, -0.15) is 18.2 Å². The minimum atomic E-state index is -4.60. The Kier molecular flexibility index (Phi) is 9.88. The van der Waals surface area contributed by atoms with Crippen LogP contribution in [0.2, 0.25) is 0 Å². The number of nitrogens with zero attached hydrogens (tertiary/aromatic N) is 3. The van der Waals surface area contributed by atoms with E-state index in [1.807, 2.05) is 0 Å². The van der Waals surface area contributed by atoms with Gasteiger partial charge in [0.25, 0.3) is 0 Å². The molecule has 1 heterocycles. The highest BCUT2D eigenvalue weighted by molar-refractivity contribution is 5.68. The molecular weight excluding hydrogens is 407 g/mol. The second-order valence-corrected chi connectivity index (χ2v) is 7.38. The van der Waals surface area contributed by atoms with Gasteiger partial charge in [0, 0.05) is 13.2 Å². The number of rotatable bonds is 13. The molecule has 0 unspecified atom stereocenters. The van der Waals surface area contributed by atoms with Crippen LogP contribution >= 0.6 is 0 Å². The third-order valence-corrected chi connectivity index (χ3v) is 4.83. The minimum absolute atomic E-state index is 0.0623. The molecule has 0 aliphatic carbocycles. The van der Waals surface area contributed by atoms with Gasteiger partial charge in [0.1, 0.15) is 11.3 Å². The van der Waals surface area contributed by atoms with Crippen LogP contribution in [-0.2, 0) is 6.18 Å². The fraction of sp³-hybridized carbons (Fsp3) is 0.565. The highest BCUT2D eigenvalue weighted by Gasteiger charge is 2.37. The highest BCUT2D eigenvalue weighted by Crippen LogP contribution is 2.40. The summed E-state index contributed by atoms with van der Waals surface area (Å²) in [6, 6.07) is 6.94. The van der Waals surface area contributed by atoms with Gasteiger partial charge in [0.15, 0.2) is 5.82 Å². The number of aromatic nitrogens is 2. The maximum Gasteiger partial charge on any atom is 0.421 e. The maximum atomic E-state index is 13.7. The van der Waals surface area contributed by atoms with Gasteiger partial charge in [-0.05, 0) is 25.0 Å². The predicted octanol–water partition coefficient (Wildman–Crippen LogP) is 6.79. The smallest absolute Gasteiger partial charge is 0.421 e. The Morgan fingerprint density at radius 3 is 2.26 bits per heavy atom. The fourth-order valence-electron chi connectivity index (χ4n) is 3.08. The Balaban J connectivity index is 2.26. The standard InChI is InChI=1S/C23H32F3N3O2/c1-4-6-8-12-16-31-22-27-17-18(23(24,25)26)21(28-22)29(3)19-13-9-10-14-20(19)30-15-11-7-5-2/h9-10,13-14,17H,4-8,11-12,15-16H2,1-3H3. The summed E-state index contributed by atoms with van der Waals surface area (Å²) in [5.41, 5.74) is -0.425. The van der Waals surface area contributed by atoms with E-state index in [2.05, 4.69) is 23.8 Å². The molecule has 31 heavy (non-hydrogen) atoms. The Labute approximate surface area is 182 Å². The zero-order chi connectivity index (χ0) is 22.7. The van der Waals surface area contributed by atoms with Crippen LogP contribution in [0.25, 0.3) is 0 Å². The highest BCUT2D eigenvalue weighted by atomic mass is 19.4. The lowest BCUT2D eigenvalue weighted by atomic mass is 10.2. The number of anilines is 2. The zero-order valence-electron chi connectivity index (χ0n) is 18.5. The van der Waals surface area contributed by atoms with Crippen molar-refractivity contribution in [2.45, 2.75) is 65.0 Å². The van der Waals surface area contributed by atoms with Gasteiger partial charge >= 0.3 is 12.2 Å². The van der Waals surface area contributed by atoms with Crippen molar-refractivity contribution in [1.29, 1.82) is 0 Å². The molecule has 8 heteroatoms. The number of benzene rings is 1. The summed E-state index contributed by atoms with van der Waals surface area (Å²) in [5, 5.41) is 0. The first-order valence-electron chi connectivity index (χ1n) is 10.9. The molecule has 2 aromatic rings. The number of unbranched alkanes of at least 4 members (excludes halogenated alkanes) is 5. The van der Waals surface area contributed by atoms with E-state index in [0.717, 1.165) is 51.1 Å². The summed E-state index contributed by atoms with van der Waals surface area (Å²) in [4.78, 5) is 9.26. The van der Waals surface area contributed by atoms with E-state index < -0.39 is 11.7 Å². The average molecular weight is 440 g/mol. The van der Waals surface area contributed by atoms with E-state index >= 15 is 0 Å². The molecule has 0 aliphatic rings. The van der Waals surface area contributed by atoms with E-state index in [1.165, 1.54) is 11.9 Å². The van der Waals surface area contributed by atoms with Crippen molar-refractivity contribution in [3.63, 3.8) is 0 Å². The van der Waals surface area contributed by atoms with Crippen LogP contribution in [0.4, 0.5) is 24.7 Å². The number of para-hydroxylation sites is 2. The summed E-state index contributed by atoms with van der Waals surface area (Å²) >= 11 is 0. The second-order valence-electron chi connectivity index (χ2n) is 7.38. The molecule has 5 nitrogen and oxygen atoms in total. The van der Waals surface area contributed by atoms with Crippen LogP contribution in [0.1, 0.15) is 64.4 Å². The minimum Gasteiger partial charge on any atom is -0.491 e. The lowest BCUT2D eigenvalue weighted by Crippen LogP contribution is -2.20. The number of halogens is 3. The first-order valence-corrected chi connectivity index (χ1v) is 10.9. The van der Waals surface area contributed by atoms with Crippen LogP contribution in [0, 0.1) is 0 Å². The lowest BCUT2D eigenvalue weighted by molar-refractivity contribution is -0.137. The zero-order valence-corrected chi connectivity index (χ0v) is 18.5. The van der Waals surface area contributed by atoms with Crippen molar-refractivity contribution >= 4 is 11.5 Å². The molecule has 0 bridgehead atoms. The summed E-state index contributed by atoms with van der Waals surface area (Å²) in [6.07, 6.45) is 3.12. The van der Waals surface area contributed by atoms with Gasteiger partial charge in [-0.3, -0.25) is 0 Å². The molecule has 0 aliphatic heterocycles. The van der Waals surface area contributed by atoms with E-state index in [1.54, 1.807) is 24.3 Å². The Morgan fingerprint density at radius 1 is 0.903 bits per heavy atom. The van der Waals surface area contributed by atoms with Crippen molar-refractivity contribution in [3.05, 3.63) is 36.0 Å². The second kappa shape index (κ2) is 12.4. The average Bonchev–Trinajstić information content (AvgIpc) is 2.75. The Bertz CT molecular complexity index is 800. The first kappa shape index (κ1) is 24.8. The molecule has 0 saturated carbocycles. The third-order valence-electron chi connectivity index (χ3n) is 4.83. The van der Waals surface area contributed by atoms with Crippen LogP contribution in [0.15, 0.2) is 30.5 Å². The maximum absolute atomic E-state index is 13.7. The monoisotopic (exact) mass is 439 g/mol. The van der Waals surface area contributed by atoms with E-state index in [9.17, 15) is 13.2 Å². The number of ether oxygens (including phenoxy) is 2. The van der Waals surface area contributed by atoms with Crippen molar-refractivity contribution in [2.24, 2.45) is 0 Å². The summed E-state index contributed by atoms with van der Waals surface area (Å²) in [7, 11) is 1.54. The molecule has 0 spiro atoms. The van der Waals surface area contributed by atoms with Gasteiger partial charge in [0.2, 0.25) is 0 Å². The van der Waals surface area contributed by atoms with Gasteiger partial charge in [-0.1, -0.05) is 58.1 Å². The predicted molar refractivity (Wildman–Crippen MR) is 116 cm³/mol. The molecular formula is C23H32F3N3O2. The largest absolute Gasteiger partial charge is 0.491 e. The molecule has 1 aromatic carbocycles. The van der Waals surface area contributed by atoms with Crippen molar-refractivity contribution in [2.75, 3.05) is 25.2 Å². The number of alkyl halides is 3. The van der Waals surface area contributed by atoms with Crippen molar-refractivity contribution in [3.8, 4) is 11.8 Å². The lowest BCUT2D eigenvalue weighted by Gasteiger charge is -2.24. The van der Waals surface area contributed by atoms with E-state index in [4.69, 9.17) is 9.47 Å². The summed E-state index contributed by atoms with van der Waals surface area (Å²) in [5.74, 6) is 0.241. The SMILES string of the molecule is CCCCCCOc1ncc(C(F)(F)F)c(N(C)c2ccccc2OCCCCC)n1. The molecule has 2 rings (SSSR count).